The monoisotopic (exact) mass is 948 g/mol. The Kier molecular flexibility index (Phi) is 12.3. The summed E-state index contributed by atoms with van der Waals surface area (Å²) >= 11 is 1.32. The van der Waals surface area contributed by atoms with Gasteiger partial charge in [0.05, 0.1) is 27.2 Å². The van der Waals surface area contributed by atoms with Crippen molar-refractivity contribution in [2.24, 2.45) is 11.3 Å². The molecule has 5 heterocycles. The number of H-pyrrole nitrogens is 1. The van der Waals surface area contributed by atoms with Crippen molar-refractivity contribution in [3.63, 3.8) is 0 Å². The number of nitro benzene ring substituents is 1. The van der Waals surface area contributed by atoms with Crippen molar-refractivity contribution < 1.29 is 32.7 Å². The zero-order chi connectivity index (χ0) is 46.7. The summed E-state index contributed by atoms with van der Waals surface area (Å²) < 4.78 is 42.5. The van der Waals surface area contributed by atoms with Gasteiger partial charge in [-0.2, -0.15) is 0 Å². The molecule has 0 unspecified atom stereocenters. The van der Waals surface area contributed by atoms with Gasteiger partial charge in [-0.1, -0.05) is 38.1 Å². The molecule has 0 bridgehead atoms. The zero-order valence-electron chi connectivity index (χ0n) is 38.4. The predicted octanol–water partition coefficient (Wildman–Crippen LogP) is 10.3. The molecule has 16 heteroatoms. The number of nitrogens with zero attached hydrogens (tertiary/aromatic N) is 4. The number of likely N-dealkylation sites (tertiary alicyclic amines) is 1. The smallest absolute Gasteiger partial charge is 0.288 e. The minimum absolute atomic E-state index is 0.0256. The summed E-state index contributed by atoms with van der Waals surface area (Å²) in [5, 5.41) is 23.6. The molecule has 5 aromatic rings. The molecular weight excluding hydrogens is 889 g/mol. The number of hydrogen-bond donors (Lipinski definition) is 3. The first-order valence-electron chi connectivity index (χ1n) is 23.9. The summed E-state index contributed by atoms with van der Waals surface area (Å²) in [6.45, 7) is 9.50. The second-order valence-corrected chi connectivity index (χ2v) is 23.3. The first kappa shape index (κ1) is 45.6. The van der Waals surface area contributed by atoms with E-state index in [0.29, 0.717) is 53.6 Å². The van der Waals surface area contributed by atoms with Gasteiger partial charge in [-0.15, -0.1) is 11.8 Å². The highest BCUT2D eigenvalue weighted by Crippen LogP contribution is 2.55. The molecule has 14 nitrogen and oxygen atoms in total. The Bertz CT molecular complexity index is 2790. The first-order chi connectivity index (χ1) is 32.1. The highest BCUT2D eigenvalue weighted by Gasteiger charge is 2.50. The third-order valence-corrected chi connectivity index (χ3v) is 17.9. The van der Waals surface area contributed by atoms with Gasteiger partial charge in [0.1, 0.15) is 34.4 Å². The summed E-state index contributed by atoms with van der Waals surface area (Å²) in [5.74, 6) is 0.497. The van der Waals surface area contributed by atoms with Gasteiger partial charge >= 0.3 is 0 Å². The van der Waals surface area contributed by atoms with Gasteiger partial charge in [-0.05, 0) is 137 Å². The minimum atomic E-state index is -4.63. The normalized spacial score (nSPS) is 24.3. The molecule has 67 heavy (non-hydrogen) atoms. The minimum Gasteiger partial charge on any atom is -0.491 e. The van der Waals surface area contributed by atoms with E-state index in [0.717, 1.165) is 68.9 Å². The number of carbonyl (C=O) groups excluding carboxylic acids is 1. The summed E-state index contributed by atoms with van der Waals surface area (Å²) in [4.78, 5) is 38.4. The number of aromatic nitrogens is 2. The molecule has 2 aliphatic carbocycles. The number of pyridine rings is 1. The van der Waals surface area contributed by atoms with Gasteiger partial charge in [-0.25, -0.2) is 18.1 Å². The molecule has 2 saturated heterocycles. The number of amides is 1. The van der Waals surface area contributed by atoms with E-state index in [1.807, 2.05) is 19.1 Å². The molecule has 2 saturated carbocycles. The summed E-state index contributed by atoms with van der Waals surface area (Å²) in [5.41, 5.74) is 3.69. The van der Waals surface area contributed by atoms with Crippen LogP contribution in [0.25, 0.3) is 11.0 Å². The average molecular weight is 949 g/mol. The Morgan fingerprint density at radius 1 is 1.04 bits per heavy atom. The van der Waals surface area contributed by atoms with Crippen molar-refractivity contribution >= 4 is 50.1 Å². The quantitative estimate of drug-likeness (QED) is 0.0797. The number of hydrogen-bond acceptors (Lipinski definition) is 12. The summed E-state index contributed by atoms with van der Waals surface area (Å²) in [7, 11) is -4.63. The van der Waals surface area contributed by atoms with Crippen molar-refractivity contribution in [3.8, 4) is 17.2 Å². The predicted molar refractivity (Wildman–Crippen MR) is 259 cm³/mol. The number of benzene rings is 3. The molecule has 3 N–H and O–H groups in total. The second-order valence-electron chi connectivity index (χ2n) is 20.3. The number of ether oxygens (including phenoxy) is 2. The molecule has 3 aromatic carbocycles. The van der Waals surface area contributed by atoms with Crippen LogP contribution >= 0.6 is 11.8 Å². The molecule has 1 spiro atoms. The molecular formula is C51H60N6O8S2. The Balaban J connectivity index is 0.845. The number of sulfonamides is 1. The van der Waals surface area contributed by atoms with Crippen LogP contribution in [-0.4, -0.2) is 82.4 Å². The number of aromatic amines is 1. The van der Waals surface area contributed by atoms with Crippen LogP contribution in [0.15, 0.2) is 88.9 Å². The average Bonchev–Trinajstić information content (AvgIpc) is 3.98. The number of fused-ring (bicyclic) bond motifs is 2. The molecule has 10 rings (SSSR count). The van der Waals surface area contributed by atoms with Crippen molar-refractivity contribution in [2.75, 3.05) is 31.1 Å². The zero-order valence-corrected chi connectivity index (χ0v) is 40.0. The van der Waals surface area contributed by atoms with Gasteiger partial charge < -0.3 is 24.5 Å². The lowest BCUT2D eigenvalue weighted by atomic mass is 9.59. The van der Waals surface area contributed by atoms with Crippen molar-refractivity contribution in [2.45, 2.75) is 130 Å². The van der Waals surface area contributed by atoms with E-state index in [-0.39, 0.29) is 33.8 Å². The van der Waals surface area contributed by atoms with Crippen molar-refractivity contribution in [1.29, 1.82) is 0 Å². The van der Waals surface area contributed by atoms with Crippen LogP contribution in [0.3, 0.4) is 0 Å². The van der Waals surface area contributed by atoms with Gasteiger partial charge in [0.2, 0.25) is 0 Å². The lowest BCUT2D eigenvalue weighted by Gasteiger charge is -2.56. The SMILES string of the molecule is CC(C)c1ccccc1[C@@H]1CCCN1C1CC2(CCN(c3ccc(C(=O)NS(=O)(=O)c4cc5c(c([N+](=O)[O-])c4)S[C@@H](CC4CCC(C)(O)CC4)CO5)c(Oc4cnc5[nH]ccc5c4)c3)CC2)C1. The van der Waals surface area contributed by atoms with Gasteiger partial charge in [0, 0.05) is 65.9 Å². The second kappa shape index (κ2) is 18.1. The maximum absolute atomic E-state index is 14.1. The third kappa shape index (κ3) is 9.38. The van der Waals surface area contributed by atoms with Crippen molar-refractivity contribution in [3.05, 3.63) is 106 Å². The van der Waals surface area contributed by atoms with E-state index in [4.69, 9.17) is 9.47 Å². The molecule has 1 amide bonds. The van der Waals surface area contributed by atoms with Crippen LogP contribution in [-0.2, 0) is 10.0 Å². The van der Waals surface area contributed by atoms with Crippen LogP contribution in [0, 0.1) is 21.4 Å². The molecule has 0 radical (unpaired) electrons. The molecule has 4 fully saturated rings. The summed E-state index contributed by atoms with van der Waals surface area (Å²) in [6.07, 6.45) is 14.1. The van der Waals surface area contributed by atoms with Gasteiger partial charge in [0.15, 0.2) is 0 Å². The van der Waals surface area contributed by atoms with E-state index >= 15 is 0 Å². The van der Waals surface area contributed by atoms with Gasteiger partial charge in [0.25, 0.3) is 21.6 Å². The molecule has 2 aromatic heterocycles. The third-order valence-electron chi connectivity index (χ3n) is 15.3. The molecule has 354 valence electrons. The van der Waals surface area contributed by atoms with E-state index in [9.17, 15) is 28.4 Å². The van der Waals surface area contributed by atoms with Crippen LogP contribution in [0.5, 0.6) is 17.2 Å². The number of carbonyl (C=O) groups is 1. The Morgan fingerprint density at radius 3 is 2.58 bits per heavy atom. The number of rotatable bonds is 12. The van der Waals surface area contributed by atoms with E-state index in [1.54, 1.807) is 30.6 Å². The molecule has 5 aliphatic rings. The lowest BCUT2D eigenvalue weighted by Crippen LogP contribution is -2.54. The van der Waals surface area contributed by atoms with Crippen LogP contribution < -0.4 is 19.1 Å². The molecule has 3 aliphatic heterocycles. The standard InChI is InChI=1S/C51H60N6O8S2/c1-32(2)40-7-4-5-8-41(40)43-9-6-20-56(43)36-28-51(29-36)17-21-55(22-18-51)35-10-11-42(45(25-35)65-37-24-34-14-19-52-48(34)53-30-37)49(58)54-67(62,63)39-26-44(57(60)61)47-46(27-39)64-31-38(66-47)23-33-12-15-50(3,59)16-13-33/h4-5,7-8,10-11,14,19,24-27,30,32-33,36,38,43,59H,6,9,12-13,15-18,20-23,28-29,31H2,1-3H3,(H,52,53)(H,54,58)/t33?,38-,43-,50?/m0/s1. The number of anilines is 1. The van der Waals surface area contributed by atoms with Gasteiger partial charge in [-0.3, -0.25) is 19.8 Å². The highest BCUT2D eigenvalue weighted by atomic mass is 32.2. The van der Waals surface area contributed by atoms with Crippen LogP contribution in [0.4, 0.5) is 11.4 Å². The number of piperidine rings is 1. The Hall–Kier alpha value is -5.16. The van der Waals surface area contributed by atoms with Crippen LogP contribution in [0.2, 0.25) is 0 Å². The van der Waals surface area contributed by atoms with E-state index < -0.39 is 37.0 Å². The number of aliphatic hydroxyl groups is 1. The highest BCUT2D eigenvalue weighted by molar-refractivity contribution is 8.00. The lowest BCUT2D eigenvalue weighted by molar-refractivity contribution is -0.388. The number of nitrogens with one attached hydrogen (secondary N) is 2. The fraction of sp³-hybridized carbons (Fsp3) is 0.490. The van der Waals surface area contributed by atoms with Crippen molar-refractivity contribution in [1.82, 2.24) is 19.6 Å². The Morgan fingerprint density at radius 2 is 1.82 bits per heavy atom. The Labute approximate surface area is 396 Å². The fourth-order valence-corrected chi connectivity index (χ4v) is 13.9. The van der Waals surface area contributed by atoms with E-state index in [1.165, 1.54) is 54.6 Å². The largest absolute Gasteiger partial charge is 0.491 e. The maximum atomic E-state index is 14.1. The first-order valence-corrected chi connectivity index (χ1v) is 26.2. The molecule has 2 atom stereocenters. The fourth-order valence-electron chi connectivity index (χ4n) is 11.5. The topological polar surface area (TPSA) is 180 Å². The summed E-state index contributed by atoms with van der Waals surface area (Å²) in [6, 6.07) is 21.1. The van der Waals surface area contributed by atoms with Crippen LogP contribution in [0.1, 0.15) is 125 Å². The number of nitro groups is 1. The maximum Gasteiger partial charge on any atom is 0.288 e. The van der Waals surface area contributed by atoms with E-state index in [2.05, 4.69) is 62.6 Å². The number of thioether (sulfide) groups is 1.